The number of phenols is 1. The Bertz CT molecular complexity index is 530. The molecule has 2 rings (SSSR count). The monoisotopic (exact) mass is 212 g/mol. The van der Waals surface area contributed by atoms with E-state index in [0.717, 1.165) is 5.56 Å². The summed E-state index contributed by atoms with van der Waals surface area (Å²) >= 11 is 0. The predicted molar refractivity (Wildman–Crippen MR) is 62.7 cm³/mol. The first-order valence-electron chi connectivity index (χ1n) is 5.08. The molecule has 16 heavy (non-hydrogen) atoms. The predicted octanol–water partition coefficient (Wildman–Crippen LogP) is 2.93. The maximum absolute atomic E-state index is 12.1. The highest BCUT2D eigenvalue weighted by atomic mass is 16.3. The molecule has 2 heteroatoms. The van der Waals surface area contributed by atoms with E-state index in [0.29, 0.717) is 11.1 Å². The van der Waals surface area contributed by atoms with Crippen molar-refractivity contribution in [1.29, 1.82) is 0 Å². The summed E-state index contributed by atoms with van der Waals surface area (Å²) in [7, 11) is 0. The first-order chi connectivity index (χ1) is 7.68. The van der Waals surface area contributed by atoms with Crippen molar-refractivity contribution in [2.75, 3.05) is 0 Å². The van der Waals surface area contributed by atoms with E-state index >= 15 is 0 Å². The standard InChI is InChI=1S/C14H12O2/c1-10-5-4-6-11(9-10)14(16)12-7-2-3-8-13(12)15/h2-9,15H,1H3. The summed E-state index contributed by atoms with van der Waals surface area (Å²) in [6.07, 6.45) is 0. The average molecular weight is 212 g/mol. The minimum atomic E-state index is -0.151. The molecule has 2 nitrogen and oxygen atoms in total. The van der Waals surface area contributed by atoms with Crippen LogP contribution < -0.4 is 0 Å². The van der Waals surface area contributed by atoms with Crippen molar-refractivity contribution in [3.63, 3.8) is 0 Å². The van der Waals surface area contributed by atoms with Crippen molar-refractivity contribution in [3.05, 3.63) is 65.2 Å². The Balaban J connectivity index is 2.44. The molecule has 1 N–H and O–H groups in total. The third-order valence-electron chi connectivity index (χ3n) is 2.43. The molecular weight excluding hydrogens is 200 g/mol. The van der Waals surface area contributed by atoms with E-state index in [2.05, 4.69) is 0 Å². The van der Waals surface area contributed by atoms with Gasteiger partial charge in [0, 0.05) is 5.56 Å². The lowest BCUT2D eigenvalue weighted by molar-refractivity contribution is 0.103. The zero-order valence-corrected chi connectivity index (χ0v) is 8.97. The molecule has 0 saturated carbocycles. The average Bonchev–Trinajstić information content (AvgIpc) is 2.29. The second-order valence-corrected chi connectivity index (χ2v) is 3.72. The van der Waals surface area contributed by atoms with Gasteiger partial charge in [-0.2, -0.15) is 0 Å². The van der Waals surface area contributed by atoms with Crippen LogP contribution in [0.15, 0.2) is 48.5 Å². The zero-order chi connectivity index (χ0) is 11.5. The van der Waals surface area contributed by atoms with Gasteiger partial charge in [0.15, 0.2) is 5.78 Å². The van der Waals surface area contributed by atoms with E-state index in [4.69, 9.17) is 0 Å². The Morgan fingerprint density at radius 3 is 2.50 bits per heavy atom. The third-order valence-corrected chi connectivity index (χ3v) is 2.43. The van der Waals surface area contributed by atoms with Crippen molar-refractivity contribution in [2.45, 2.75) is 6.92 Å². The van der Waals surface area contributed by atoms with Gasteiger partial charge in [-0.1, -0.05) is 35.9 Å². The van der Waals surface area contributed by atoms with Gasteiger partial charge in [0.2, 0.25) is 0 Å². The van der Waals surface area contributed by atoms with Crippen LogP contribution in [0.1, 0.15) is 21.5 Å². The van der Waals surface area contributed by atoms with Crippen LogP contribution in [-0.2, 0) is 0 Å². The molecule has 0 amide bonds. The molecule has 0 aliphatic carbocycles. The number of phenolic OH excluding ortho intramolecular Hbond substituents is 1. The number of aromatic hydroxyl groups is 1. The van der Waals surface area contributed by atoms with E-state index in [1.807, 2.05) is 25.1 Å². The second kappa shape index (κ2) is 4.19. The van der Waals surface area contributed by atoms with Gasteiger partial charge in [-0.05, 0) is 25.1 Å². The number of aryl methyl sites for hydroxylation is 1. The number of rotatable bonds is 2. The van der Waals surface area contributed by atoms with E-state index in [1.54, 1.807) is 24.3 Å². The third kappa shape index (κ3) is 1.96. The van der Waals surface area contributed by atoms with Gasteiger partial charge in [0.1, 0.15) is 5.75 Å². The first kappa shape index (κ1) is 10.4. The summed E-state index contributed by atoms with van der Waals surface area (Å²) in [6, 6.07) is 13.9. The van der Waals surface area contributed by atoms with Gasteiger partial charge in [-0.25, -0.2) is 0 Å². The maximum Gasteiger partial charge on any atom is 0.196 e. The molecule has 0 atom stereocenters. The van der Waals surface area contributed by atoms with Crippen molar-refractivity contribution in [1.82, 2.24) is 0 Å². The lowest BCUT2D eigenvalue weighted by Crippen LogP contribution is -2.01. The number of carbonyl (C=O) groups is 1. The van der Waals surface area contributed by atoms with Gasteiger partial charge in [0.25, 0.3) is 0 Å². The normalized spacial score (nSPS) is 10.1. The van der Waals surface area contributed by atoms with E-state index in [-0.39, 0.29) is 11.5 Å². The van der Waals surface area contributed by atoms with Gasteiger partial charge >= 0.3 is 0 Å². The number of hydrogen-bond acceptors (Lipinski definition) is 2. The SMILES string of the molecule is Cc1cccc(C(=O)c2ccccc2O)c1. The number of benzene rings is 2. The fourth-order valence-corrected chi connectivity index (χ4v) is 1.61. The van der Waals surface area contributed by atoms with Crippen molar-refractivity contribution < 1.29 is 9.90 Å². The van der Waals surface area contributed by atoms with Crippen LogP contribution in [-0.4, -0.2) is 10.9 Å². The lowest BCUT2D eigenvalue weighted by Gasteiger charge is -2.04. The highest BCUT2D eigenvalue weighted by Gasteiger charge is 2.12. The molecule has 2 aromatic carbocycles. The molecule has 80 valence electrons. The van der Waals surface area contributed by atoms with Gasteiger partial charge in [-0.15, -0.1) is 0 Å². The number of para-hydroxylation sites is 1. The molecule has 0 spiro atoms. The molecule has 0 saturated heterocycles. The molecule has 0 bridgehead atoms. The molecule has 0 unspecified atom stereocenters. The Kier molecular flexibility index (Phi) is 2.73. The van der Waals surface area contributed by atoms with Crippen LogP contribution in [0.2, 0.25) is 0 Å². The highest BCUT2D eigenvalue weighted by molar-refractivity contribution is 6.10. The summed E-state index contributed by atoms with van der Waals surface area (Å²) in [5.74, 6) is -0.129. The smallest absolute Gasteiger partial charge is 0.196 e. The van der Waals surface area contributed by atoms with Crippen LogP contribution >= 0.6 is 0 Å². The van der Waals surface area contributed by atoms with Crippen LogP contribution in [0.4, 0.5) is 0 Å². The largest absolute Gasteiger partial charge is 0.507 e. The van der Waals surface area contributed by atoms with E-state index in [9.17, 15) is 9.90 Å². The number of carbonyl (C=O) groups excluding carboxylic acids is 1. The Hall–Kier alpha value is -2.09. The van der Waals surface area contributed by atoms with Crippen molar-refractivity contribution in [3.8, 4) is 5.75 Å². The summed E-state index contributed by atoms with van der Waals surface area (Å²) in [5.41, 5.74) is 1.97. The summed E-state index contributed by atoms with van der Waals surface area (Å²) < 4.78 is 0. The topological polar surface area (TPSA) is 37.3 Å². The van der Waals surface area contributed by atoms with E-state index in [1.165, 1.54) is 6.07 Å². The Labute approximate surface area is 94.2 Å². The minimum Gasteiger partial charge on any atom is -0.507 e. The minimum absolute atomic E-state index is 0.0222. The van der Waals surface area contributed by atoms with Gasteiger partial charge in [-0.3, -0.25) is 4.79 Å². The van der Waals surface area contributed by atoms with Crippen LogP contribution in [0, 0.1) is 6.92 Å². The Morgan fingerprint density at radius 1 is 1.06 bits per heavy atom. The molecule has 0 heterocycles. The molecule has 0 radical (unpaired) electrons. The van der Waals surface area contributed by atoms with Crippen LogP contribution in [0.25, 0.3) is 0 Å². The van der Waals surface area contributed by atoms with Gasteiger partial charge < -0.3 is 5.11 Å². The first-order valence-corrected chi connectivity index (χ1v) is 5.08. The molecular formula is C14H12O2. The molecule has 2 aromatic rings. The molecule has 0 aliphatic heterocycles. The molecule has 0 fully saturated rings. The highest BCUT2D eigenvalue weighted by Crippen LogP contribution is 2.20. The fourth-order valence-electron chi connectivity index (χ4n) is 1.61. The quantitative estimate of drug-likeness (QED) is 0.777. The fraction of sp³-hybridized carbons (Fsp3) is 0.0714. The summed E-state index contributed by atoms with van der Waals surface area (Å²) in [5, 5.41) is 9.59. The van der Waals surface area contributed by atoms with Gasteiger partial charge in [0.05, 0.1) is 5.56 Å². The Morgan fingerprint density at radius 2 is 1.81 bits per heavy atom. The number of ketones is 1. The summed E-state index contributed by atoms with van der Waals surface area (Å²) in [6.45, 7) is 1.93. The van der Waals surface area contributed by atoms with Crippen LogP contribution in [0.5, 0.6) is 5.75 Å². The van der Waals surface area contributed by atoms with Crippen molar-refractivity contribution in [2.24, 2.45) is 0 Å². The summed E-state index contributed by atoms with van der Waals surface area (Å²) in [4.78, 5) is 12.1. The second-order valence-electron chi connectivity index (χ2n) is 3.72. The molecule has 0 aromatic heterocycles. The molecule has 0 aliphatic rings. The maximum atomic E-state index is 12.1. The van der Waals surface area contributed by atoms with Crippen LogP contribution in [0.3, 0.4) is 0 Å². The zero-order valence-electron chi connectivity index (χ0n) is 8.97. The van der Waals surface area contributed by atoms with E-state index < -0.39 is 0 Å². The lowest BCUT2D eigenvalue weighted by atomic mass is 10.0. The number of hydrogen-bond donors (Lipinski definition) is 1. The van der Waals surface area contributed by atoms with Crippen molar-refractivity contribution >= 4 is 5.78 Å².